The van der Waals surface area contributed by atoms with Crippen LogP contribution in [0.2, 0.25) is 0 Å². The molecule has 2 aromatic carbocycles. The number of oxime groups is 1. The number of hydrogen-bond donors (Lipinski definition) is 0. The first kappa shape index (κ1) is 17.2. The Bertz CT molecular complexity index is 782. The van der Waals surface area contributed by atoms with E-state index in [1.807, 2.05) is 24.3 Å². The first-order valence-corrected chi connectivity index (χ1v) is 7.61. The van der Waals surface area contributed by atoms with Crippen LogP contribution < -0.4 is 0 Å². The molecule has 0 saturated heterocycles. The quantitative estimate of drug-likeness (QED) is 0.348. The number of amidine groups is 1. The van der Waals surface area contributed by atoms with E-state index in [9.17, 15) is 0 Å². The van der Waals surface area contributed by atoms with Gasteiger partial charge in [0.15, 0.2) is 6.61 Å². The predicted octanol–water partition coefficient (Wildman–Crippen LogP) is 4.92. The van der Waals surface area contributed by atoms with Crippen molar-refractivity contribution in [3.05, 3.63) is 71.1 Å². The number of nitrogens with zero attached hydrogens (tertiary/aromatic N) is 3. The first-order chi connectivity index (χ1) is 11.4. The van der Waals surface area contributed by atoms with Crippen molar-refractivity contribution in [3.63, 3.8) is 0 Å². The maximum Gasteiger partial charge on any atom is 0.392 e. The minimum absolute atomic E-state index is 0.147. The van der Waals surface area contributed by atoms with Crippen LogP contribution in [0.25, 0.3) is 16.0 Å². The van der Waals surface area contributed by atoms with Gasteiger partial charge in [-0.15, -0.1) is 0 Å². The molecule has 0 unspecified atom stereocenters. The second-order valence-electron chi connectivity index (χ2n) is 6.44. The normalized spacial score (nSPS) is 11.5. The Morgan fingerprint density at radius 1 is 1.08 bits per heavy atom. The molecule has 2 aromatic rings. The lowest BCUT2D eigenvalue weighted by molar-refractivity contribution is 0.131. The summed E-state index contributed by atoms with van der Waals surface area (Å²) in [6.07, 6.45) is 0. The van der Waals surface area contributed by atoms with Crippen LogP contribution in [0.4, 0.5) is 0 Å². The van der Waals surface area contributed by atoms with Crippen molar-refractivity contribution in [2.24, 2.45) is 5.16 Å². The molecule has 0 amide bonds. The minimum atomic E-state index is -0.300. The highest BCUT2D eigenvalue weighted by molar-refractivity contribution is 6.03. The molecule has 0 aromatic heterocycles. The summed E-state index contributed by atoms with van der Waals surface area (Å²) in [6.45, 7) is 13.5. The monoisotopic (exact) mass is 317 g/mol. The Morgan fingerprint density at radius 2 is 1.62 bits per heavy atom. The average Bonchev–Trinajstić information content (AvgIpc) is 2.59. The molecular weight excluding hydrogens is 298 g/mol. The topological polar surface area (TPSA) is 49.7 Å². The molecule has 2 rings (SSSR count). The lowest BCUT2D eigenvalue weighted by atomic mass is 9.86. The summed E-state index contributed by atoms with van der Waals surface area (Å²) in [5.41, 5.74) is 4.67. The van der Waals surface area contributed by atoms with Gasteiger partial charge in [-0.05, 0) is 27.7 Å². The number of benzene rings is 2. The largest absolute Gasteiger partial charge is 0.392 e. The van der Waals surface area contributed by atoms with Gasteiger partial charge in [-0.2, -0.15) is 0 Å². The second-order valence-corrected chi connectivity index (χ2v) is 6.44. The maximum atomic E-state index is 8.58. The van der Waals surface area contributed by atoms with E-state index >= 15 is 0 Å². The van der Waals surface area contributed by atoms with E-state index in [-0.39, 0.29) is 17.9 Å². The van der Waals surface area contributed by atoms with Crippen molar-refractivity contribution in [2.75, 3.05) is 0 Å². The van der Waals surface area contributed by atoms with Crippen LogP contribution in [0.5, 0.6) is 0 Å². The summed E-state index contributed by atoms with van der Waals surface area (Å²) in [6, 6.07) is 18.2. The summed E-state index contributed by atoms with van der Waals surface area (Å²) in [5.74, 6) is -0.300. The molecule has 4 heteroatoms. The first-order valence-electron chi connectivity index (χ1n) is 7.61. The van der Waals surface area contributed by atoms with Gasteiger partial charge in [0.1, 0.15) is 6.07 Å². The van der Waals surface area contributed by atoms with E-state index in [0.717, 1.165) is 16.7 Å². The molecule has 0 atom stereocenters. The van der Waals surface area contributed by atoms with Crippen LogP contribution in [0.1, 0.15) is 31.9 Å². The third kappa shape index (κ3) is 4.44. The van der Waals surface area contributed by atoms with Gasteiger partial charge in [-0.1, -0.05) is 75.9 Å². The molecule has 0 spiro atoms. The predicted molar refractivity (Wildman–Crippen MR) is 95.0 cm³/mol. The molecule has 120 valence electrons. The molecule has 0 bridgehead atoms. The molecular formula is C20H19N3O. The number of rotatable bonds is 4. The van der Waals surface area contributed by atoms with Gasteiger partial charge in [0, 0.05) is 0 Å². The third-order valence-electron chi connectivity index (χ3n) is 3.63. The molecule has 0 fully saturated rings. The molecule has 24 heavy (non-hydrogen) atoms. The zero-order valence-corrected chi connectivity index (χ0v) is 14.1. The molecule has 0 saturated carbocycles. The third-order valence-corrected chi connectivity index (χ3v) is 3.63. The molecule has 0 aliphatic carbocycles. The minimum Gasteiger partial charge on any atom is -0.348 e. The van der Waals surface area contributed by atoms with Gasteiger partial charge in [-0.3, -0.25) is 0 Å². The Labute approximate surface area is 142 Å². The summed E-state index contributed by atoms with van der Waals surface area (Å²) in [4.78, 5) is 7.94. The van der Waals surface area contributed by atoms with Crippen LogP contribution in [-0.2, 0) is 16.9 Å². The highest BCUT2D eigenvalue weighted by Crippen LogP contribution is 2.26. The van der Waals surface area contributed by atoms with E-state index in [1.165, 1.54) is 5.56 Å². The fourth-order valence-corrected chi connectivity index (χ4v) is 2.19. The van der Waals surface area contributed by atoms with Gasteiger partial charge in [0.2, 0.25) is 0 Å². The second kappa shape index (κ2) is 7.44. The van der Waals surface area contributed by atoms with Crippen molar-refractivity contribution >= 4 is 5.84 Å². The summed E-state index contributed by atoms with van der Waals surface area (Å²) in [5, 5.41) is 12.1. The van der Waals surface area contributed by atoms with Crippen LogP contribution in [-0.4, -0.2) is 5.84 Å². The summed E-state index contributed by atoms with van der Waals surface area (Å²) < 4.78 is 0. The standard InChI is InChI=1S/C20H19N3O/c1-20(2,3)18-11-9-17(10-12-18)16-7-5-15(6-8-16)14-24-23-19(13-21)22-4/h5-12H,14H2,1-3H3/b23-19+. The highest BCUT2D eigenvalue weighted by atomic mass is 16.6. The summed E-state index contributed by atoms with van der Waals surface area (Å²) >= 11 is 0. The SMILES string of the molecule is [C-]#[N+]/C(C#N)=N/OCc1ccc(-c2ccc(C(C)(C)C)cc2)cc1. The van der Waals surface area contributed by atoms with E-state index in [4.69, 9.17) is 16.7 Å². The molecule has 0 aliphatic heterocycles. The Morgan fingerprint density at radius 3 is 2.08 bits per heavy atom. The highest BCUT2D eigenvalue weighted by Gasteiger charge is 2.13. The number of hydrogen-bond acceptors (Lipinski definition) is 3. The van der Waals surface area contributed by atoms with Gasteiger partial charge in [-0.25, -0.2) is 5.26 Å². The van der Waals surface area contributed by atoms with Crippen molar-refractivity contribution in [1.29, 1.82) is 5.26 Å². The van der Waals surface area contributed by atoms with Crippen LogP contribution >= 0.6 is 0 Å². The smallest absolute Gasteiger partial charge is 0.348 e. The zero-order chi connectivity index (χ0) is 17.6. The van der Waals surface area contributed by atoms with Crippen LogP contribution in [0.15, 0.2) is 53.7 Å². The van der Waals surface area contributed by atoms with Crippen LogP contribution in [0.3, 0.4) is 0 Å². The Balaban J connectivity index is 2.06. The van der Waals surface area contributed by atoms with E-state index < -0.39 is 0 Å². The lowest BCUT2D eigenvalue weighted by Crippen LogP contribution is -2.10. The Kier molecular flexibility index (Phi) is 5.35. The van der Waals surface area contributed by atoms with Crippen molar-refractivity contribution in [3.8, 4) is 17.2 Å². The molecule has 0 radical (unpaired) electrons. The number of nitriles is 1. The average molecular weight is 317 g/mol. The fraction of sp³-hybridized carbons (Fsp3) is 0.250. The summed E-state index contributed by atoms with van der Waals surface area (Å²) in [7, 11) is 0. The lowest BCUT2D eigenvalue weighted by Gasteiger charge is -2.19. The maximum absolute atomic E-state index is 8.58. The zero-order valence-electron chi connectivity index (χ0n) is 14.1. The molecule has 0 heterocycles. The van der Waals surface area contributed by atoms with Crippen molar-refractivity contribution in [2.45, 2.75) is 32.8 Å². The fourth-order valence-electron chi connectivity index (χ4n) is 2.19. The van der Waals surface area contributed by atoms with Crippen LogP contribution in [0, 0.1) is 17.9 Å². The van der Waals surface area contributed by atoms with Crippen molar-refractivity contribution < 1.29 is 4.84 Å². The molecule has 4 nitrogen and oxygen atoms in total. The molecule has 0 aliphatic rings. The van der Waals surface area contributed by atoms with E-state index in [1.54, 1.807) is 6.07 Å². The van der Waals surface area contributed by atoms with Gasteiger partial charge in [0.05, 0.1) is 5.16 Å². The van der Waals surface area contributed by atoms with Gasteiger partial charge >= 0.3 is 5.84 Å². The van der Waals surface area contributed by atoms with Crippen molar-refractivity contribution in [1.82, 2.24) is 0 Å². The van der Waals surface area contributed by atoms with Gasteiger partial charge < -0.3 is 9.68 Å². The van der Waals surface area contributed by atoms with E-state index in [2.05, 4.69) is 55.0 Å². The van der Waals surface area contributed by atoms with E-state index in [0.29, 0.717) is 0 Å². The Hall–Kier alpha value is -3.11. The van der Waals surface area contributed by atoms with Gasteiger partial charge in [0.25, 0.3) is 0 Å². The molecule has 0 N–H and O–H groups in total.